The van der Waals surface area contributed by atoms with Gasteiger partial charge in [0.2, 0.25) is 5.96 Å². The normalized spacial score (nSPS) is 19.5. The number of carbonyl (C=O) groups is 1. The Bertz CT molecular complexity index is 337. The van der Waals surface area contributed by atoms with E-state index in [0.717, 1.165) is 12.5 Å². The van der Waals surface area contributed by atoms with Crippen molar-refractivity contribution in [1.82, 2.24) is 9.80 Å². The van der Waals surface area contributed by atoms with Gasteiger partial charge in [-0.05, 0) is 18.9 Å². The van der Waals surface area contributed by atoms with E-state index in [4.69, 9.17) is 5.11 Å². The number of carboxylic acid groups (broad SMARTS) is 1. The summed E-state index contributed by atoms with van der Waals surface area (Å²) in [6, 6.07) is -0.609. The first-order valence-corrected chi connectivity index (χ1v) is 5.92. The predicted octanol–water partition coefficient (Wildman–Crippen LogP) is 1.23. The van der Waals surface area contributed by atoms with Crippen LogP contribution in [0.4, 0.5) is 0 Å². The molecule has 5 nitrogen and oxygen atoms in total. The van der Waals surface area contributed by atoms with E-state index >= 15 is 0 Å². The number of guanidine groups is 1. The maximum absolute atomic E-state index is 11.1. The molecule has 1 N–H and O–H groups in total. The van der Waals surface area contributed by atoms with E-state index in [1.165, 1.54) is 0 Å². The van der Waals surface area contributed by atoms with Crippen LogP contribution in [0.5, 0.6) is 0 Å². The fourth-order valence-electron chi connectivity index (χ4n) is 1.99. The van der Waals surface area contributed by atoms with Gasteiger partial charge in [-0.2, -0.15) is 0 Å². The Labute approximate surface area is 102 Å². The van der Waals surface area contributed by atoms with Crippen molar-refractivity contribution in [3.8, 4) is 0 Å². The fraction of sp³-hybridized carbons (Fsp3) is 0.667. The van der Waals surface area contributed by atoms with Crippen molar-refractivity contribution in [2.24, 2.45) is 10.9 Å². The number of hydrogen-bond donors (Lipinski definition) is 1. The van der Waals surface area contributed by atoms with Gasteiger partial charge in [-0.15, -0.1) is 0 Å². The number of aliphatic carboxylic acids is 1. The highest BCUT2D eigenvalue weighted by molar-refractivity contribution is 5.88. The van der Waals surface area contributed by atoms with Crippen molar-refractivity contribution >= 4 is 11.9 Å². The van der Waals surface area contributed by atoms with Crippen LogP contribution in [-0.2, 0) is 4.79 Å². The van der Waals surface area contributed by atoms with Gasteiger partial charge in [0.25, 0.3) is 0 Å². The van der Waals surface area contributed by atoms with E-state index in [9.17, 15) is 4.79 Å². The first kappa shape index (κ1) is 13.5. The molecule has 1 aliphatic heterocycles. The number of aliphatic imine (C=N–C) groups is 1. The molecule has 1 unspecified atom stereocenters. The largest absolute Gasteiger partial charge is 0.479 e. The lowest BCUT2D eigenvalue weighted by atomic mass is 10.2. The lowest BCUT2D eigenvalue weighted by Crippen LogP contribution is -2.51. The van der Waals surface area contributed by atoms with Crippen molar-refractivity contribution in [2.45, 2.75) is 26.8 Å². The van der Waals surface area contributed by atoms with E-state index in [-0.39, 0.29) is 0 Å². The second-order valence-corrected chi connectivity index (χ2v) is 4.61. The van der Waals surface area contributed by atoms with Gasteiger partial charge in [0.05, 0.1) is 0 Å². The molecule has 1 aliphatic rings. The maximum Gasteiger partial charge on any atom is 0.330 e. The third kappa shape index (κ3) is 3.22. The minimum absolute atomic E-state index is 0.510. The highest BCUT2D eigenvalue weighted by Gasteiger charge is 2.28. The summed E-state index contributed by atoms with van der Waals surface area (Å²) >= 11 is 0. The summed E-state index contributed by atoms with van der Waals surface area (Å²) in [5.74, 6) is 0.403. The van der Waals surface area contributed by atoms with Crippen LogP contribution in [0.2, 0.25) is 0 Å². The van der Waals surface area contributed by atoms with Crippen molar-refractivity contribution in [3.63, 3.8) is 0 Å². The third-order valence-electron chi connectivity index (χ3n) is 2.63. The summed E-state index contributed by atoms with van der Waals surface area (Å²) < 4.78 is 0. The average molecular weight is 239 g/mol. The highest BCUT2D eigenvalue weighted by atomic mass is 16.4. The summed E-state index contributed by atoms with van der Waals surface area (Å²) in [6.45, 7) is 7.67. The van der Waals surface area contributed by atoms with Gasteiger partial charge >= 0.3 is 5.97 Å². The molecule has 0 amide bonds. The van der Waals surface area contributed by atoms with Crippen LogP contribution < -0.4 is 0 Å². The first-order valence-electron chi connectivity index (χ1n) is 5.92. The quantitative estimate of drug-likeness (QED) is 0.801. The van der Waals surface area contributed by atoms with E-state index in [0.29, 0.717) is 12.5 Å². The SMILES string of the molecule is CCN1C(N(C)CC(C)C)=NC=CC1C(=O)O. The zero-order chi connectivity index (χ0) is 13.0. The smallest absolute Gasteiger partial charge is 0.330 e. The second-order valence-electron chi connectivity index (χ2n) is 4.61. The lowest BCUT2D eigenvalue weighted by Gasteiger charge is -2.36. The van der Waals surface area contributed by atoms with Crippen LogP contribution in [0.1, 0.15) is 20.8 Å². The number of likely N-dealkylation sites (N-methyl/N-ethyl adjacent to an activating group) is 1. The molecule has 0 fully saturated rings. The monoisotopic (exact) mass is 239 g/mol. The lowest BCUT2D eigenvalue weighted by molar-refractivity contribution is -0.140. The van der Waals surface area contributed by atoms with Crippen molar-refractivity contribution in [3.05, 3.63) is 12.3 Å². The van der Waals surface area contributed by atoms with Crippen LogP contribution in [0.15, 0.2) is 17.3 Å². The zero-order valence-corrected chi connectivity index (χ0v) is 10.9. The first-order chi connectivity index (χ1) is 7.97. The fourth-order valence-corrected chi connectivity index (χ4v) is 1.99. The van der Waals surface area contributed by atoms with E-state index < -0.39 is 12.0 Å². The summed E-state index contributed by atoms with van der Waals surface area (Å²) in [6.07, 6.45) is 3.19. The molecule has 0 saturated carbocycles. The van der Waals surface area contributed by atoms with Crippen molar-refractivity contribution in [1.29, 1.82) is 0 Å². The van der Waals surface area contributed by atoms with Gasteiger partial charge in [0.15, 0.2) is 0 Å². The molecule has 0 spiro atoms. The maximum atomic E-state index is 11.1. The van der Waals surface area contributed by atoms with Gasteiger partial charge in [-0.1, -0.05) is 13.8 Å². The van der Waals surface area contributed by atoms with Crippen molar-refractivity contribution < 1.29 is 9.90 Å². The van der Waals surface area contributed by atoms with E-state index in [2.05, 4.69) is 18.8 Å². The molecule has 0 aliphatic carbocycles. The molecule has 5 heteroatoms. The van der Waals surface area contributed by atoms with Gasteiger partial charge in [-0.3, -0.25) is 0 Å². The number of hydrogen-bond acceptors (Lipinski definition) is 4. The number of carboxylic acids is 1. The van der Waals surface area contributed by atoms with Crippen LogP contribution in [-0.4, -0.2) is 53.0 Å². The van der Waals surface area contributed by atoms with E-state index in [1.807, 2.05) is 18.9 Å². The Morgan fingerprint density at radius 2 is 2.29 bits per heavy atom. The molecular weight excluding hydrogens is 218 g/mol. The predicted molar refractivity (Wildman–Crippen MR) is 67.8 cm³/mol. The summed E-state index contributed by atoms with van der Waals surface area (Å²) in [4.78, 5) is 19.2. The molecule has 1 rings (SSSR count). The molecule has 1 atom stereocenters. The van der Waals surface area contributed by atoms with Crippen LogP contribution in [0.3, 0.4) is 0 Å². The summed E-state index contributed by atoms with van der Waals surface area (Å²) in [5.41, 5.74) is 0. The number of rotatable bonds is 4. The van der Waals surface area contributed by atoms with Crippen LogP contribution in [0, 0.1) is 5.92 Å². The van der Waals surface area contributed by atoms with E-state index in [1.54, 1.807) is 17.2 Å². The van der Waals surface area contributed by atoms with Gasteiger partial charge < -0.3 is 14.9 Å². The molecular formula is C12H21N3O2. The van der Waals surface area contributed by atoms with Crippen molar-refractivity contribution in [2.75, 3.05) is 20.1 Å². The average Bonchev–Trinajstić information content (AvgIpc) is 2.26. The molecule has 0 radical (unpaired) electrons. The highest BCUT2D eigenvalue weighted by Crippen LogP contribution is 2.12. The van der Waals surface area contributed by atoms with Crippen LogP contribution >= 0.6 is 0 Å². The molecule has 0 aromatic heterocycles. The molecule has 0 aromatic rings. The second kappa shape index (κ2) is 5.70. The Morgan fingerprint density at radius 1 is 1.65 bits per heavy atom. The zero-order valence-electron chi connectivity index (χ0n) is 10.9. The topological polar surface area (TPSA) is 56.1 Å². The van der Waals surface area contributed by atoms with Gasteiger partial charge in [0, 0.05) is 26.3 Å². The molecule has 1 heterocycles. The molecule has 0 saturated heterocycles. The van der Waals surface area contributed by atoms with Gasteiger partial charge in [-0.25, -0.2) is 9.79 Å². The Balaban J connectivity index is 2.86. The third-order valence-corrected chi connectivity index (χ3v) is 2.63. The molecule has 0 aromatic carbocycles. The van der Waals surface area contributed by atoms with Gasteiger partial charge in [0.1, 0.15) is 6.04 Å². The minimum atomic E-state index is -0.839. The molecule has 96 valence electrons. The summed E-state index contributed by atoms with van der Waals surface area (Å²) in [5, 5.41) is 9.15. The Hall–Kier alpha value is -1.52. The molecule has 0 bridgehead atoms. The standard InChI is InChI=1S/C12H21N3O2/c1-5-15-10(11(16)17)6-7-13-12(15)14(4)8-9(2)3/h6-7,9-10H,5,8H2,1-4H3,(H,16,17). The number of nitrogens with zero attached hydrogens (tertiary/aromatic N) is 3. The Morgan fingerprint density at radius 3 is 2.76 bits per heavy atom. The summed E-state index contributed by atoms with van der Waals surface area (Å²) in [7, 11) is 1.94. The van der Waals surface area contributed by atoms with Crippen LogP contribution in [0.25, 0.3) is 0 Å². The Kier molecular flexibility index (Phi) is 4.54. The minimum Gasteiger partial charge on any atom is -0.479 e. The molecule has 17 heavy (non-hydrogen) atoms.